The summed E-state index contributed by atoms with van der Waals surface area (Å²) in [5.74, 6) is -5.65. The molecule has 0 aromatic carbocycles. The van der Waals surface area contributed by atoms with Crippen LogP contribution in [0.2, 0.25) is 0 Å². The summed E-state index contributed by atoms with van der Waals surface area (Å²) < 4.78 is 78.3. The van der Waals surface area contributed by atoms with Gasteiger partial charge in [-0.25, -0.2) is 0 Å². The molecule has 3 unspecified atom stereocenters. The zero-order valence-corrected chi connectivity index (χ0v) is 8.92. The van der Waals surface area contributed by atoms with Gasteiger partial charge in [0, 0.05) is 5.92 Å². The average molecular weight is 276 g/mol. The molecule has 18 heavy (non-hydrogen) atoms. The summed E-state index contributed by atoms with van der Waals surface area (Å²) in [6.45, 7) is 0. The predicted molar refractivity (Wildman–Crippen MR) is 47.3 cm³/mol. The van der Waals surface area contributed by atoms with E-state index in [1.807, 2.05) is 0 Å². The lowest BCUT2D eigenvalue weighted by Gasteiger charge is -2.35. The first-order valence-electron chi connectivity index (χ1n) is 5.26. The first-order chi connectivity index (χ1) is 8.04. The summed E-state index contributed by atoms with van der Waals surface area (Å²) in [4.78, 5) is 0. The highest BCUT2D eigenvalue weighted by molar-refractivity contribution is 5.11. The van der Waals surface area contributed by atoms with E-state index in [0.29, 0.717) is 6.42 Å². The van der Waals surface area contributed by atoms with Gasteiger partial charge in [-0.3, -0.25) is 0 Å². The topological polar surface area (TPSA) is 29.5 Å². The molecule has 1 N–H and O–H groups in total. The van der Waals surface area contributed by atoms with Crippen molar-refractivity contribution in [3.8, 4) is 0 Å². The van der Waals surface area contributed by atoms with Crippen LogP contribution in [0.3, 0.4) is 0 Å². The second kappa shape index (κ2) is 3.86. The van der Waals surface area contributed by atoms with Crippen LogP contribution in [0.1, 0.15) is 12.8 Å². The summed E-state index contributed by atoms with van der Waals surface area (Å²) in [6.07, 6.45) is -9.29. The summed E-state index contributed by atoms with van der Waals surface area (Å²) >= 11 is 0. The summed E-state index contributed by atoms with van der Waals surface area (Å²) in [5.41, 5.74) is 0. The molecule has 0 aromatic heterocycles. The van der Waals surface area contributed by atoms with E-state index in [2.05, 4.69) is 4.74 Å². The lowest BCUT2D eigenvalue weighted by molar-refractivity contribution is -0.466. The Morgan fingerprint density at radius 1 is 0.944 bits per heavy atom. The molecule has 0 amide bonds. The quantitative estimate of drug-likeness (QED) is 0.477. The number of hydrogen-bond acceptors (Lipinski definition) is 2. The molecule has 2 nitrogen and oxygen atoms in total. The molecule has 2 aliphatic rings. The van der Waals surface area contributed by atoms with Gasteiger partial charge >= 0.3 is 18.1 Å². The fraction of sp³-hybridized carbons (Fsp3) is 0.800. The molecular formula is C10H10F6O2. The largest absolute Gasteiger partial charge is 0.453 e. The highest BCUT2D eigenvalue weighted by atomic mass is 19.4. The van der Waals surface area contributed by atoms with E-state index < -0.39 is 30.2 Å². The molecule has 2 rings (SSSR count). The van der Waals surface area contributed by atoms with Crippen molar-refractivity contribution in [1.82, 2.24) is 0 Å². The van der Waals surface area contributed by atoms with E-state index in [9.17, 15) is 26.3 Å². The first-order valence-corrected chi connectivity index (χ1v) is 5.26. The van der Waals surface area contributed by atoms with E-state index in [-0.39, 0.29) is 12.3 Å². The number of halogens is 6. The Balaban J connectivity index is 2.19. The van der Waals surface area contributed by atoms with Crippen LogP contribution in [-0.2, 0) is 4.74 Å². The number of rotatable bonds is 2. The zero-order chi connectivity index (χ0) is 13.8. The molecular weight excluding hydrogens is 266 g/mol. The monoisotopic (exact) mass is 276 g/mol. The van der Waals surface area contributed by atoms with E-state index in [1.54, 1.807) is 6.08 Å². The third-order valence-electron chi connectivity index (χ3n) is 3.31. The van der Waals surface area contributed by atoms with Gasteiger partial charge in [-0.1, -0.05) is 12.2 Å². The standard InChI is InChI=1S/C10H10F6O2/c11-9(12,13)8(17,10(14,15)16)18-7-4-5-1-2-6(7)3-5/h1-2,5-7,17H,3-4H2. The molecule has 2 aliphatic carbocycles. The van der Waals surface area contributed by atoms with Gasteiger partial charge in [0.05, 0.1) is 6.10 Å². The molecule has 0 heterocycles. The minimum Gasteiger partial charge on any atom is -0.351 e. The molecule has 3 atom stereocenters. The lowest BCUT2D eigenvalue weighted by Crippen LogP contribution is -2.60. The number of allylic oxidation sites excluding steroid dienone is 1. The van der Waals surface area contributed by atoms with Crippen LogP contribution < -0.4 is 0 Å². The van der Waals surface area contributed by atoms with Crippen molar-refractivity contribution in [1.29, 1.82) is 0 Å². The average Bonchev–Trinajstić information content (AvgIpc) is 2.75. The van der Waals surface area contributed by atoms with E-state index in [0.717, 1.165) is 0 Å². The Morgan fingerprint density at radius 3 is 1.83 bits per heavy atom. The van der Waals surface area contributed by atoms with Gasteiger partial charge in [0.15, 0.2) is 0 Å². The molecule has 0 aliphatic heterocycles. The maximum atomic E-state index is 12.4. The molecule has 8 heteroatoms. The van der Waals surface area contributed by atoms with Crippen LogP contribution in [0.25, 0.3) is 0 Å². The minimum absolute atomic E-state index is 0.0642. The van der Waals surface area contributed by atoms with Gasteiger partial charge in [0.1, 0.15) is 0 Å². The van der Waals surface area contributed by atoms with Crippen molar-refractivity contribution < 1.29 is 36.2 Å². The van der Waals surface area contributed by atoms with E-state index in [1.165, 1.54) is 6.08 Å². The van der Waals surface area contributed by atoms with Gasteiger partial charge in [-0.05, 0) is 18.8 Å². The molecule has 0 radical (unpaired) electrons. The smallest absolute Gasteiger partial charge is 0.351 e. The van der Waals surface area contributed by atoms with Gasteiger partial charge in [-0.15, -0.1) is 0 Å². The van der Waals surface area contributed by atoms with Gasteiger partial charge < -0.3 is 9.84 Å². The molecule has 1 fully saturated rings. The van der Waals surface area contributed by atoms with E-state index >= 15 is 0 Å². The molecule has 0 spiro atoms. The SMILES string of the molecule is OC(OC1CC2C=CC1C2)(C(F)(F)F)C(F)(F)F. The van der Waals surface area contributed by atoms with Crippen LogP contribution >= 0.6 is 0 Å². The van der Waals surface area contributed by atoms with Crippen molar-refractivity contribution >= 4 is 0 Å². The van der Waals surface area contributed by atoms with Crippen LogP contribution in [0.4, 0.5) is 26.3 Å². The fourth-order valence-corrected chi connectivity index (χ4v) is 2.38. The third kappa shape index (κ3) is 2.01. The Bertz CT molecular complexity index is 344. The molecule has 1 saturated carbocycles. The minimum atomic E-state index is -5.92. The highest BCUT2D eigenvalue weighted by Gasteiger charge is 2.73. The Labute approximate surface area is 98.2 Å². The van der Waals surface area contributed by atoms with E-state index in [4.69, 9.17) is 5.11 Å². The van der Waals surface area contributed by atoms with Crippen LogP contribution in [0.15, 0.2) is 12.2 Å². The lowest BCUT2D eigenvalue weighted by atomic mass is 10.0. The molecule has 104 valence electrons. The maximum Gasteiger partial charge on any atom is 0.453 e. The maximum absolute atomic E-state index is 12.4. The number of aliphatic hydroxyl groups is 1. The number of ether oxygens (including phenoxy) is 1. The third-order valence-corrected chi connectivity index (χ3v) is 3.31. The first kappa shape index (κ1) is 13.7. The predicted octanol–water partition coefficient (Wildman–Crippen LogP) is 2.78. The zero-order valence-electron chi connectivity index (χ0n) is 8.92. The van der Waals surface area contributed by atoms with Gasteiger partial charge in [0.25, 0.3) is 0 Å². The van der Waals surface area contributed by atoms with Crippen LogP contribution in [0.5, 0.6) is 0 Å². The molecule has 2 bridgehead atoms. The Morgan fingerprint density at radius 2 is 1.50 bits per heavy atom. The Hall–Kier alpha value is -0.760. The van der Waals surface area contributed by atoms with Crippen molar-refractivity contribution in [2.24, 2.45) is 11.8 Å². The number of fused-ring (bicyclic) bond motifs is 2. The van der Waals surface area contributed by atoms with Crippen LogP contribution in [0, 0.1) is 11.8 Å². The normalized spacial score (nSPS) is 32.3. The number of hydrogen-bond donors (Lipinski definition) is 1. The molecule has 0 aromatic rings. The summed E-state index contributed by atoms with van der Waals surface area (Å²) in [5, 5.41) is 8.88. The van der Waals surface area contributed by atoms with Crippen molar-refractivity contribution in [2.45, 2.75) is 37.1 Å². The summed E-state index contributed by atoms with van der Waals surface area (Å²) in [7, 11) is 0. The van der Waals surface area contributed by atoms with Crippen molar-refractivity contribution in [3.05, 3.63) is 12.2 Å². The van der Waals surface area contributed by atoms with Crippen LogP contribution in [-0.4, -0.2) is 29.4 Å². The van der Waals surface area contributed by atoms with Crippen molar-refractivity contribution in [3.63, 3.8) is 0 Å². The van der Waals surface area contributed by atoms with Gasteiger partial charge in [-0.2, -0.15) is 26.3 Å². The van der Waals surface area contributed by atoms with Crippen molar-refractivity contribution in [2.75, 3.05) is 0 Å². The Kier molecular flexibility index (Phi) is 2.93. The van der Waals surface area contributed by atoms with Gasteiger partial charge in [0.2, 0.25) is 0 Å². The molecule has 0 saturated heterocycles. The highest BCUT2D eigenvalue weighted by Crippen LogP contribution is 2.49. The summed E-state index contributed by atoms with van der Waals surface area (Å²) in [6, 6.07) is 0. The second-order valence-electron chi connectivity index (χ2n) is 4.58. The fourth-order valence-electron chi connectivity index (χ4n) is 2.38. The second-order valence-corrected chi connectivity index (χ2v) is 4.58. The number of alkyl halides is 6.